The van der Waals surface area contributed by atoms with Crippen LogP contribution in [-0.4, -0.2) is 0 Å². The molecule has 0 saturated heterocycles. The molecule has 1 atom stereocenters. The smallest absolute Gasteiger partial charge is 0.129 e. The molecule has 2 nitrogen and oxygen atoms in total. The monoisotopic (exact) mass is 300 g/mol. The van der Waals surface area contributed by atoms with Gasteiger partial charge in [0.25, 0.3) is 0 Å². The van der Waals surface area contributed by atoms with Crippen molar-refractivity contribution in [2.45, 2.75) is 12.5 Å². The topological polar surface area (TPSA) is 38.0 Å². The Morgan fingerprint density at radius 3 is 2.30 bits per heavy atom. The normalized spacial score (nSPS) is 12.4. The molecule has 0 fully saturated rings. The molecule has 0 spiro atoms. The second kappa shape index (κ2) is 6.26. The van der Waals surface area contributed by atoms with Crippen molar-refractivity contribution in [3.8, 4) is 0 Å². The van der Waals surface area contributed by atoms with Crippen LogP contribution < -0.4 is 11.3 Å². The summed E-state index contributed by atoms with van der Waals surface area (Å²) in [5, 5.41) is 0.199. The molecule has 3 N–H and O–H groups in total. The number of nitrogens with two attached hydrogens (primary N) is 1. The van der Waals surface area contributed by atoms with Crippen molar-refractivity contribution in [1.29, 1.82) is 0 Å². The van der Waals surface area contributed by atoms with Crippen molar-refractivity contribution in [2.75, 3.05) is 0 Å². The van der Waals surface area contributed by atoms with Gasteiger partial charge in [0.15, 0.2) is 0 Å². The lowest BCUT2D eigenvalue weighted by Crippen LogP contribution is -2.30. The number of hydrogen-bond acceptors (Lipinski definition) is 2. The Morgan fingerprint density at radius 1 is 1.10 bits per heavy atom. The van der Waals surface area contributed by atoms with Crippen molar-refractivity contribution in [2.24, 2.45) is 5.84 Å². The maximum Gasteiger partial charge on any atom is 0.129 e. The van der Waals surface area contributed by atoms with Crippen LogP contribution in [0.1, 0.15) is 17.2 Å². The molecule has 0 radical (unpaired) electrons. The third kappa shape index (κ3) is 3.30. The fourth-order valence-corrected chi connectivity index (χ4v) is 2.35. The zero-order valence-electron chi connectivity index (χ0n) is 10.3. The molecule has 0 bridgehead atoms. The fraction of sp³-hybridized carbons (Fsp3) is 0.143. The van der Waals surface area contributed by atoms with Crippen molar-refractivity contribution >= 4 is 11.6 Å². The van der Waals surface area contributed by atoms with E-state index in [1.807, 2.05) is 0 Å². The molecule has 2 aromatic carbocycles. The van der Waals surface area contributed by atoms with Gasteiger partial charge < -0.3 is 0 Å². The van der Waals surface area contributed by atoms with E-state index >= 15 is 0 Å². The number of rotatable bonds is 4. The van der Waals surface area contributed by atoms with Gasteiger partial charge in [-0.15, -0.1) is 0 Å². The van der Waals surface area contributed by atoms with Gasteiger partial charge in [-0.25, -0.2) is 13.2 Å². The molecular weight excluding hydrogens is 289 g/mol. The standard InChI is InChI=1S/C14H12ClF3N2/c15-11-2-1-3-12(18)14(11)13(20-19)6-8-4-9(16)7-10(17)5-8/h1-5,7,13,20H,6,19H2. The maximum atomic E-state index is 13.8. The van der Waals surface area contributed by atoms with Crippen molar-refractivity contribution in [1.82, 2.24) is 5.43 Å². The van der Waals surface area contributed by atoms with Gasteiger partial charge in [0.2, 0.25) is 0 Å². The minimum Gasteiger partial charge on any atom is -0.271 e. The number of hydrogen-bond donors (Lipinski definition) is 2. The van der Waals surface area contributed by atoms with Gasteiger partial charge in [0.1, 0.15) is 17.5 Å². The first-order valence-electron chi connectivity index (χ1n) is 5.86. The second-order valence-electron chi connectivity index (χ2n) is 4.34. The van der Waals surface area contributed by atoms with Gasteiger partial charge in [0, 0.05) is 16.7 Å². The maximum absolute atomic E-state index is 13.8. The summed E-state index contributed by atoms with van der Waals surface area (Å²) in [6, 6.07) is 6.66. The molecule has 0 aliphatic rings. The Bertz CT molecular complexity index is 579. The zero-order chi connectivity index (χ0) is 14.7. The van der Waals surface area contributed by atoms with Gasteiger partial charge in [0.05, 0.1) is 6.04 Å². The van der Waals surface area contributed by atoms with E-state index in [1.54, 1.807) is 0 Å². The molecule has 20 heavy (non-hydrogen) atoms. The first-order chi connectivity index (χ1) is 9.51. The Labute approximate surface area is 119 Å². The van der Waals surface area contributed by atoms with Crippen LogP contribution in [0.25, 0.3) is 0 Å². The van der Waals surface area contributed by atoms with Crippen LogP contribution >= 0.6 is 11.6 Å². The summed E-state index contributed by atoms with van der Waals surface area (Å²) in [7, 11) is 0. The van der Waals surface area contributed by atoms with Gasteiger partial charge in [-0.05, 0) is 36.2 Å². The summed E-state index contributed by atoms with van der Waals surface area (Å²) in [4.78, 5) is 0. The predicted molar refractivity (Wildman–Crippen MR) is 71.5 cm³/mol. The van der Waals surface area contributed by atoms with Gasteiger partial charge in [-0.3, -0.25) is 11.3 Å². The highest BCUT2D eigenvalue weighted by atomic mass is 35.5. The molecular formula is C14H12ClF3N2. The number of nitrogens with one attached hydrogen (secondary N) is 1. The van der Waals surface area contributed by atoms with E-state index in [4.69, 9.17) is 17.4 Å². The van der Waals surface area contributed by atoms with Crippen molar-refractivity contribution < 1.29 is 13.2 Å². The van der Waals surface area contributed by atoms with E-state index in [2.05, 4.69) is 5.43 Å². The first kappa shape index (κ1) is 14.8. The Hall–Kier alpha value is -1.56. The molecule has 0 amide bonds. The molecule has 0 aliphatic heterocycles. The fourth-order valence-electron chi connectivity index (χ4n) is 2.05. The molecule has 0 aromatic heterocycles. The predicted octanol–water partition coefficient (Wildman–Crippen LogP) is 3.50. The van der Waals surface area contributed by atoms with E-state index in [-0.39, 0.29) is 17.0 Å². The third-order valence-electron chi connectivity index (χ3n) is 2.91. The van der Waals surface area contributed by atoms with Gasteiger partial charge in [-0.2, -0.15) is 0 Å². The molecule has 106 valence electrons. The summed E-state index contributed by atoms with van der Waals surface area (Å²) in [5.74, 6) is 3.48. The van der Waals surface area contributed by atoms with Crippen LogP contribution in [0, 0.1) is 17.5 Å². The average molecular weight is 301 g/mol. The molecule has 2 rings (SSSR count). The summed E-state index contributed by atoms with van der Waals surface area (Å²) in [6.45, 7) is 0. The lowest BCUT2D eigenvalue weighted by atomic mass is 9.98. The Kier molecular flexibility index (Phi) is 4.65. The summed E-state index contributed by atoms with van der Waals surface area (Å²) in [6.07, 6.45) is 0.103. The molecule has 6 heteroatoms. The highest BCUT2D eigenvalue weighted by Crippen LogP contribution is 2.28. The van der Waals surface area contributed by atoms with E-state index in [1.165, 1.54) is 30.3 Å². The van der Waals surface area contributed by atoms with Crippen molar-refractivity contribution in [3.05, 3.63) is 70.0 Å². The minimum atomic E-state index is -0.699. The second-order valence-corrected chi connectivity index (χ2v) is 4.74. The lowest BCUT2D eigenvalue weighted by Gasteiger charge is -2.18. The zero-order valence-corrected chi connectivity index (χ0v) is 11.1. The highest BCUT2D eigenvalue weighted by Gasteiger charge is 2.19. The molecule has 2 aromatic rings. The summed E-state index contributed by atoms with van der Waals surface area (Å²) >= 11 is 5.95. The average Bonchev–Trinajstić information content (AvgIpc) is 2.36. The van der Waals surface area contributed by atoms with E-state index < -0.39 is 23.5 Å². The van der Waals surface area contributed by atoms with Crippen LogP contribution in [0.2, 0.25) is 5.02 Å². The molecule has 0 saturated carbocycles. The van der Waals surface area contributed by atoms with Crippen LogP contribution in [0.15, 0.2) is 36.4 Å². The number of benzene rings is 2. The van der Waals surface area contributed by atoms with Crippen LogP contribution in [0.5, 0.6) is 0 Å². The Morgan fingerprint density at radius 2 is 1.75 bits per heavy atom. The number of halogens is 4. The summed E-state index contributed by atoms with van der Waals surface area (Å²) < 4.78 is 40.1. The Balaban J connectivity index is 2.34. The molecule has 1 unspecified atom stereocenters. The van der Waals surface area contributed by atoms with E-state index in [9.17, 15) is 13.2 Å². The molecule has 0 heterocycles. The summed E-state index contributed by atoms with van der Waals surface area (Å²) in [5.41, 5.74) is 2.94. The largest absolute Gasteiger partial charge is 0.271 e. The first-order valence-corrected chi connectivity index (χ1v) is 6.24. The van der Waals surface area contributed by atoms with Gasteiger partial charge in [-0.1, -0.05) is 17.7 Å². The van der Waals surface area contributed by atoms with E-state index in [0.717, 1.165) is 6.07 Å². The minimum absolute atomic E-state index is 0.103. The van der Waals surface area contributed by atoms with Crippen LogP contribution in [-0.2, 0) is 6.42 Å². The SMILES string of the molecule is NNC(Cc1cc(F)cc(F)c1)c1c(F)cccc1Cl. The quantitative estimate of drug-likeness (QED) is 0.670. The van der Waals surface area contributed by atoms with Crippen molar-refractivity contribution in [3.63, 3.8) is 0 Å². The lowest BCUT2D eigenvalue weighted by molar-refractivity contribution is 0.507. The molecule has 0 aliphatic carbocycles. The van der Waals surface area contributed by atoms with Crippen LogP contribution in [0.4, 0.5) is 13.2 Å². The van der Waals surface area contributed by atoms with Crippen LogP contribution in [0.3, 0.4) is 0 Å². The van der Waals surface area contributed by atoms with E-state index in [0.29, 0.717) is 5.56 Å². The third-order valence-corrected chi connectivity index (χ3v) is 3.24. The highest BCUT2D eigenvalue weighted by molar-refractivity contribution is 6.31. The number of hydrazine groups is 1. The van der Waals surface area contributed by atoms with Gasteiger partial charge >= 0.3 is 0 Å².